The van der Waals surface area contributed by atoms with Gasteiger partial charge < -0.3 is 10.2 Å². The summed E-state index contributed by atoms with van der Waals surface area (Å²) < 4.78 is 0. The highest BCUT2D eigenvalue weighted by atomic mass is 35.5. The Hall–Kier alpha value is -1.10. The molecule has 0 fully saturated rings. The van der Waals surface area contributed by atoms with Gasteiger partial charge in [-0.1, -0.05) is 13.8 Å². The number of hydrogen-bond donors (Lipinski definition) is 1. The Labute approximate surface area is 101 Å². The Bertz CT molecular complexity index is 325. The molecule has 0 saturated carbocycles. The van der Waals surface area contributed by atoms with Gasteiger partial charge in [-0.3, -0.25) is 0 Å². The first-order valence-corrected chi connectivity index (χ1v) is 5.93. The number of hydrogen-bond acceptors (Lipinski definition) is 5. The highest BCUT2D eigenvalue weighted by Crippen LogP contribution is 2.14. The summed E-state index contributed by atoms with van der Waals surface area (Å²) in [5.41, 5.74) is 0. The van der Waals surface area contributed by atoms with E-state index >= 15 is 0 Å². The van der Waals surface area contributed by atoms with Crippen LogP contribution in [0.15, 0.2) is 0 Å². The molecule has 1 rings (SSSR count). The van der Waals surface area contributed by atoms with Crippen LogP contribution in [-0.4, -0.2) is 35.1 Å². The van der Waals surface area contributed by atoms with E-state index < -0.39 is 0 Å². The van der Waals surface area contributed by atoms with Crippen LogP contribution in [0.4, 0.5) is 11.9 Å². The molecular weight excluding hydrogens is 226 g/mol. The van der Waals surface area contributed by atoms with Gasteiger partial charge in [0.05, 0.1) is 0 Å². The van der Waals surface area contributed by atoms with Crippen molar-refractivity contribution in [1.82, 2.24) is 15.0 Å². The van der Waals surface area contributed by atoms with Gasteiger partial charge in [0.15, 0.2) is 0 Å². The molecule has 0 aromatic carbocycles. The van der Waals surface area contributed by atoms with Gasteiger partial charge >= 0.3 is 0 Å². The van der Waals surface area contributed by atoms with Crippen LogP contribution >= 0.6 is 11.6 Å². The molecule has 0 bridgehead atoms. The molecule has 1 heterocycles. The Morgan fingerprint density at radius 1 is 1.12 bits per heavy atom. The normalized spacial score (nSPS) is 10.2. The fourth-order valence-corrected chi connectivity index (χ4v) is 1.60. The summed E-state index contributed by atoms with van der Waals surface area (Å²) in [6.45, 7) is 6.11. The summed E-state index contributed by atoms with van der Waals surface area (Å²) in [6, 6.07) is 0. The molecule has 0 aliphatic rings. The summed E-state index contributed by atoms with van der Waals surface area (Å²) in [6.07, 6.45) is 2.11. The van der Waals surface area contributed by atoms with Gasteiger partial charge in [0.25, 0.3) is 0 Å². The lowest BCUT2D eigenvalue weighted by Crippen LogP contribution is -2.27. The van der Waals surface area contributed by atoms with Gasteiger partial charge in [-0.15, -0.1) is 0 Å². The smallest absolute Gasteiger partial charge is 0.231 e. The maximum atomic E-state index is 5.84. The molecule has 1 aromatic rings. The zero-order valence-corrected chi connectivity index (χ0v) is 10.8. The van der Waals surface area contributed by atoms with Crippen molar-refractivity contribution in [2.24, 2.45) is 0 Å². The molecule has 0 atom stereocenters. The van der Waals surface area contributed by atoms with Crippen LogP contribution < -0.4 is 10.2 Å². The SMILES string of the molecule is CCCN(CCC)c1nc(Cl)nc(NC)n1. The van der Waals surface area contributed by atoms with E-state index in [1.807, 2.05) is 0 Å². The number of nitrogens with zero attached hydrogens (tertiary/aromatic N) is 4. The van der Waals surface area contributed by atoms with Crippen molar-refractivity contribution in [1.29, 1.82) is 0 Å². The lowest BCUT2D eigenvalue weighted by atomic mass is 10.4. The maximum absolute atomic E-state index is 5.84. The third-order valence-corrected chi connectivity index (χ3v) is 2.26. The second-order valence-electron chi connectivity index (χ2n) is 3.47. The molecule has 0 spiro atoms. The molecule has 1 N–H and O–H groups in total. The maximum Gasteiger partial charge on any atom is 0.231 e. The second-order valence-corrected chi connectivity index (χ2v) is 3.80. The third-order valence-electron chi connectivity index (χ3n) is 2.09. The topological polar surface area (TPSA) is 53.9 Å². The highest BCUT2D eigenvalue weighted by molar-refractivity contribution is 6.28. The van der Waals surface area contributed by atoms with E-state index in [0.29, 0.717) is 11.9 Å². The molecule has 90 valence electrons. The molecule has 0 aliphatic heterocycles. The predicted octanol–water partition coefficient (Wildman–Crippen LogP) is 2.19. The van der Waals surface area contributed by atoms with E-state index in [2.05, 4.69) is 39.0 Å². The van der Waals surface area contributed by atoms with Gasteiger partial charge in [0.1, 0.15) is 0 Å². The first-order valence-electron chi connectivity index (χ1n) is 5.55. The van der Waals surface area contributed by atoms with Crippen LogP contribution in [0.3, 0.4) is 0 Å². The van der Waals surface area contributed by atoms with E-state index in [0.717, 1.165) is 25.9 Å². The van der Waals surface area contributed by atoms with Crippen LogP contribution in [0.1, 0.15) is 26.7 Å². The lowest BCUT2D eigenvalue weighted by Gasteiger charge is -2.21. The average molecular weight is 244 g/mol. The summed E-state index contributed by atoms with van der Waals surface area (Å²) in [7, 11) is 1.76. The number of anilines is 2. The Kier molecular flexibility index (Phi) is 5.25. The van der Waals surface area contributed by atoms with Gasteiger partial charge in [-0.05, 0) is 24.4 Å². The summed E-state index contributed by atoms with van der Waals surface area (Å²) in [5, 5.41) is 3.10. The largest absolute Gasteiger partial charge is 0.357 e. The minimum atomic E-state index is 0.228. The van der Waals surface area contributed by atoms with Crippen LogP contribution in [0, 0.1) is 0 Å². The van der Waals surface area contributed by atoms with E-state index in [-0.39, 0.29) is 5.28 Å². The van der Waals surface area contributed by atoms with E-state index in [4.69, 9.17) is 11.6 Å². The second kappa shape index (κ2) is 6.48. The standard InChI is InChI=1S/C10H18ClN5/c1-4-6-16(7-5-2)10-14-8(11)13-9(12-3)15-10/h4-7H2,1-3H3,(H,12,13,14,15). The van der Waals surface area contributed by atoms with Gasteiger partial charge in [-0.2, -0.15) is 15.0 Å². The number of nitrogens with one attached hydrogen (secondary N) is 1. The first-order chi connectivity index (χ1) is 7.71. The van der Waals surface area contributed by atoms with Crippen LogP contribution in [0.2, 0.25) is 5.28 Å². The fraction of sp³-hybridized carbons (Fsp3) is 0.700. The van der Waals surface area contributed by atoms with Crippen LogP contribution in [0.25, 0.3) is 0 Å². The summed E-state index contributed by atoms with van der Waals surface area (Å²) in [4.78, 5) is 14.5. The molecule has 0 aliphatic carbocycles. The van der Waals surface area contributed by atoms with Crippen LogP contribution in [-0.2, 0) is 0 Å². The van der Waals surface area contributed by atoms with E-state index in [1.165, 1.54) is 0 Å². The molecule has 0 saturated heterocycles. The summed E-state index contributed by atoms with van der Waals surface area (Å²) in [5.74, 6) is 1.15. The number of halogens is 1. The van der Waals surface area contributed by atoms with Gasteiger partial charge in [0.2, 0.25) is 17.2 Å². The Morgan fingerprint density at radius 3 is 2.25 bits per heavy atom. The van der Waals surface area contributed by atoms with Crippen LogP contribution in [0.5, 0.6) is 0 Å². The van der Waals surface area contributed by atoms with Crippen molar-refractivity contribution < 1.29 is 0 Å². The number of aromatic nitrogens is 3. The third kappa shape index (κ3) is 3.48. The van der Waals surface area contributed by atoms with Gasteiger partial charge in [0, 0.05) is 20.1 Å². The number of rotatable bonds is 6. The first kappa shape index (κ1) is 13.0. The molecule has 0 unspecified atom stereocenters. The zero-order valence-electron chi connectivity index (χ0n) is 10.00. The molecule has 0 amide bonds. The van der Waals surface area contributed by atoms with Crippen molar-refractivity contribution in [2.75, 3.05) is 30.4 Å². The average Bonchev–Trinajstić information content (AvgIpc) is 2.28. The summed E-state index contributed by atoms with van der Waals surface area (Å²) >= 11 is 5.84. The molecule has 6 heteroatoms. The minimum Gasteiger partial charge on any atom is -0.357 e. The predicted molar refractivity (Wildman–Crippen MR) is 67.2 cm³/mol. The molecular formula is C10H18ClN5. The molecule has 1 aromatic heterocycles. The van der Waals surface area contributed by atoms with Crippen molar-refractivity contribution in [3.8, 4) is 0 Å². The fourth-order valence-electron chi connectivity index (χ4n) is 1.44. The lowest BCUT2D eigenvalue weighted by molar-refractivity contribution is 0.718. The van der Waals surface area contributed by atoms with Crippen molar-refractivity contribution in [3.05, 3.63) is 5.28 Å². The van der Waals surface area contributed by atoms with E-state index in [1.54, 1.807) is 7.05 Å². The minimum absolute atomic E-state index is 0.228. The molecule has 5 nitrogen and oxygen atoms in total. The van der Waals surface area contributed by atoms with Crippen molar-refractivity contribution in [3.63, 3.8) is 0 Å². The quantitative estimate of drug-likeness (QED) is 0.830. The molecule has 16 heavy (non-hydrogen) atoms. The molecule has 0 radical (unpaired) electrons. The van der Waals surface area contributed by atoms with Crippen molar-refractivity contribution >= 4 is 23.5 Å². The van der Waals surface area contributed by atoms with Crippen molar-refractivity contribution in [2.45, 2.75) is 26.7 Å². The van der Waals surface area contributed by atoms with Gasteiger partial charge in [-0.25, -0.2) is 0 Å². The highest BCUT2D eigenvalue weighted by Gasteiger charge is 2.10. The zero-order chi connectivity index (χ0) is 12.0. The monoisotopic (exact) mass is 243 g/mol. The van der Waals surface area contributed by atoms with E-state index in [9.17, 15) is 0 Å². The Balaban J connectivity index is 2.93. The Morgan fingerprint density at radius 2 is 1.75 bits per heavy atom.